The number of aryl methyl sites for hydroxylation is 1. The van der Waals surface area contributed by atoms with Gasteiger partial charge in [-0.25, -0.2) is 4.79 Å². The second-order valence-corrected chi connectivity index (χ2v) is 10.4. The second-order valence-electron chi connectivity index (χ2n) is 10.4. The number of nitrogens with one attached hydrogen (secondary N) is 4. The largest absolute Gasteiger partial charge is 0.423 e. The van der Waals surface area contributed by atoms with Gasteiger partial charge in [-0.1, -0.05) is 30.3 Å². The molecular weight excluding hydrogens is 538 g/mol. The van der Waals surface area contributed by atoms with E-state index in [2.05, 4.69) is 26.3 Å². The molecule has 0 bridgehead atoms. The van der Waals surface area contributed by atoms with Gasteiger partial charge in [-0.15, -0.1) is 0 Å². The summed E-state index contributed by atoms with van der Waals surface area (Å²) in [6.07, 6.45) is 2.49. The van der Waals surface area contributed by atoms with E-state index >= 15 is 0 Å². The highest BCUT2D eigenvalue weighted by molar-refractivity contribution is 6.02. The van der Waals surface area contributed by atoms with Crippen molar-refractivity contribution in [2.45, 2.75) is 57.2 Å². The zero-order valence-electron chi connectivity index (χ0n) is 23.5. The van der Waals surface area contributed by atoms with Crippen LogP contribution in [0.25, 0.3) is 11.0 Å². The SMILES string of the molecule is Cc1cc(=O)oc2cc(N[C@@H](CCCN=C(N)N)C(=O)NC(=O)[C@H](Cc3ccccc3)NC(=O)[C@@H]3CCCN3)ccc12. The number of hydrogen-bond donors (Lipinski definition) is 6. The standard InChI is InChI=1S/C30H37N7O5/c1-18-15-26(38)42-25-17-20(11-12-21(18)25)35-23(10-6-14-34-30(31)32)28(40)37-29(41)24(16-19-7-3-2-4-8-19)36-27(39)22-9-5-13-33-22/h2-4,7-8,11-12,15,17,22-24,33,35H,5-6,9-10,13-14,16H2,1H3,(H,36,39)(H4,31,32,34)(H,37,40,41)/t22-,23-,24-/m0/s1. The van der Waals surface area contributed by atoms with Gasteiger partial charge in [0, 0.05) is 36.2 Å². The van der Waals surface area contributed by atoms with Crippen molar-refractivity contribution in [3.05, 3.63) is 76.1 Å². The van der Waals surface area contributed by atoms with Gasteiger partial charge in [0.2, 0.25) is 17.7 Å². The Bertz CT molecular complexity index is 1490. The van der Waals surface area contributed by atoms with Crippen LogP contribution >= 0.6 is 0 Å². The summed E-state index contributed by atoms with van der Waals surface area (Å²) in [7, 11) is 0. The van der Waals surface area contributed by atoms with Crippen molar-refractivity contribution >= 4 is 40.3 Å². The number of carbonyl (C=O) groups is 3. The fourth-order valence-electron chi connectivity index (χ4n) is 4.92. The molecule has 2 aromatic carbocycles. The predicted octanol–water partition coefficient (Wildman–Crippen LogP) is 1.06. The molecule has 0 radical (unpaired) electrons. The number of amides is 3. The van der Waals surface area contributed by atoms with Crippen molar-refractivity contribution in [1.82, 2.24) is 16.0 Å². The van der Waals surface area contributed by atoms with Gasteiger partial charge in [-0.05, 0) is 62.4 Å². The van der Waals surface area contributed by atoms with Gasteiger partial charge in [-0.3, -0.25) is 24.7 Å². The Morgan fingerprint density at radius 3 is 2.55 bits per heavy atom. The summed E-state index contributed by atoms with van der Waals surface area (Å²) in [5.74, 6) is -1.54. The highest BCUT2D eigenvalue weighted by Crippen LogP contribution is 2.22. The number of nitrogens with two attached hydrogens (primary N) is 2. The Morgan fingerprint density at radius 1 is 1.07 bits per heavy atom. The van der Waals surface area contributed by atoms with Crippen LogP contribution in [0.5, 0.6) is 0 Å². The van der Waals surface area contributed by atoms with E-state index in [1.54, 1.807) is 18.2 Å². The van der Waals surface area contributed by atoms with E-state index in [1.807, 2.05) is 37.3 Å². The molecule has 8 N–H and O–H groups in total. The van der Waals surface area contributed by atoms with Crippen LogP contribution < -0.4 is 38.4 Å². The van der Waals surface area contributed by atoms with E-state index in [0.29, 0.717) is 24.1 Å². The Hall–Kier alpha value is -4.71. The molecule has 222 valence electrons. The first-order valence-corrected chi connectivity index (χ1v) is 14.0. The summed E-state index contributed by atoms with van der Waals surface area (Å²) in [5.41, 5.74) is 12.9. The van der Waals surface area contributed by atoms with Gasteiger partial charge < -0.3 is 31.8 Å². The summed E-state index contributed by atoms with van der Waals surface area (Å²) >= 11 is 0. The van der Waals surface area contributed by atoms with Crippen LogP contribution in [0.4, 0.5) is 5.69 Å². The first-order valence-electron chi connectivity index (χ1n) is 14.0. The third-order valence-corrected chi connectivity index (χ3v) is 7.09. The molecule has 1 aromatic heterocycles. The summed E-state index contributed by atoms with van der Waals surface area (Å²) in [5, 5.41) is 12.3. The molecule has 42 heavy (non-hydrogen) atoms. The molecule has 0 aliphatic carbocycles. The highest BCUT2D eigenvalue weighted by Gasteiger charge is 2.30. The Morgan fingerprint density at radius 2 is 1.83 bits per heavy atom. The van der Waals surface area contributed by atoms with Crippen molar-refractivity contribution in [2.24, 2.45) is 16.5 Å². The number of carbonyl (C=O) groups excluding carboxylic acids is 3. The first-order chi connectivity index (χ1) is 20.2. The van der Waals surface area contributed by atoms with Crippen LogP contribution in [0, 0.1) is 6.92 Å². The molecule has 1 fully saturated rings. The van der Waals surface area contributed by atoms with E-state index in [9.17, 15) is 19.2 Å². The number of aliphatic imine (C=N–C) groups is 1. The minimum absolute atomic E-state index is 0.0599. The topological polar surface area (TPSA) is 194 Å². The third kappa shape index (κ3) is 8.40. The average molecular weight is 576 g/mol. The maximum absolute atomic E-state index is 13.5. The summed E-state index contributed by atoms with van der Waals surface area (Å²) in [6, 6.07) is 13.7. The minimum atomic E-state index is -0.966. The second kappa shape index (κ2) is 14.3. The van der Waals surface area contributed by atoms with Gasteiger partial charge >= 0.3 is 5.63 Å². The van der Waals surface area contributed by atoms with Gasteiger partial charge in [0.25, 0.3) is 0 Å². The number of guanidine groups is 1. The zero-order chi connectivity index (χ0) is 30.1. The lowest BCUT2D eigenvalue weighted by atomic mass is 10.0. The number of benzene rings is 2. The molecule has 0 saturated carbocycles. The van der Waals surface area contributed by atoms with Crippen LogP contribution in [-0.2, 0) is 20.8 Å². The van der Waals surface area contributed by atoms with Crippen molar-refractivity contribution in [2.75, 3.05) is 18.4 Å². The number of fused-ring (bicyclic) bond motifs is 1. The third-order valence-electron chi connectivity index (χ3n) is 7.09. The molecule has 12 heteroatoms. The van der Waals surface area contributed by atoms with Crippen LogP contribution in [0.1, 0.15) is 36.8 Å². The molecule has 4 rings (SSSR count). The fraction of sp³-hybridized carbons (Fsp3) is 0.367. The zero-order valence-corrected chi connectivity index (χ0v) is 23.5. The summed E-state index contributed by atoms with van der Waals surface area (Å²) < 4.78 is 5.34. The monoisotopic (exact) mass is 575 g/mol. The molecule has 3 aromatic rings. The highest BCUT2D eigenvalue weighted by atomic mass is 16.4. The lowest BCUT2D eigenvalue weighted by molar-refractivity contribution is -0.135. The molecule has 12 nitrogen and oxygen atoms in total. The smallest absolute Gasteiger partial charge is 0.336 e. The van der Waals surface area contributed by atoms with Crippen LogP contribution in [-0.4, -0.2) is 54.9 Å². The van der Waals surface area contributed by atoms with Gasteiger partial charge in [0.15, 0.2) is 5.96 Å². The minimum Gasteiger partial charge on any atom is -0.423 e. The van der Waals surface area contributed by atoms with Gasteiger partial charge in [-0.2, -0.15) is 0 Å². The summed E-state index contributed by atoms with van der Waals surface area (Å²) in [4.78, 5) is 55.7. The molecule has 0 spiro atoms. The Kier molecular flexibility index (Phi) is 10.3. The fourth-order valence-corrected chi connectivity index (χ4v) is 4.92. The molecular formula is C30H37N7O5. The molecule has 1 aliphatic heterocycles. The van der Waals surface area contributed by atoms with Crippen molar-refractivity contribution in [1.29, 1.82) is 0 Å². The maximum atomic E-state index is 13.5. The number of anilines is 1. The predicted molar refractivity (Wildman–Crippen MR) is 161 cm³/mol. The lowest BCUT2D eigenvalue weighted by Gasteiger charge is -2.23. The number of nitrogens with zero attached hydrogens (tertiary/aromatic N) is 1. The average Bonchev–Trinajstić information content (AvgIpc) is 3.50. The Balaban J connectivity index is 1.52. The normalized spacial score (nSPS) is 15.9. The van der Waals surface area contributed by atoms with Crippen LogP contribution in [0.3, 0.4) is 0 Å². The number of rotatable bonds is 12. The lowest BCUT2D eigenvalue weighted by Crippen LogP contribution is -2.55. The molecule has 1 saturated heterocycles. The van der Waals surface area contributed by atoms with E-state index in [4.69, 9.17) is 15.9 Å². The van der Waals surface area contributed by atoms with Crippen LogP contribution in [0.2, 0.25) is 0 Å². The van der Waals surface area contributed by atoms with E-state index in [0.717, 1.165) is 29.5 Å². The molecule has 2 heterocycles. The van der Waals surface area contributed by atoms with Gasteiger partial charge in [0.1, 0.15) is 17.7 Å². The van der Waals surface area contributed by atoms with Crippen LogP contribution in [0.15, 0.2) is 68.8 Å². The van der Waals surface area contributed by atoms with Crippen molar-refractivity contribution in [3.63, 3.8) is 0 Å². The van der Waals surface area contributed by atoms with E-state index in [1.165, 1.54) is 6.07 Å². The van der Waals surface area contributed by atoms with E-state index < -0.39 is 29.5 Å². The van der Waals surface area contributed by atoms with Crippen molar-refractivity contribution < 1.29 is 18.8 Å². The first kappa shape index (κ1) is 30.3. The van der Waals surface area contributed by atoms with E-state index in [-0.39, 0.29) is 37.3 Å². The molecule has 0 unspecified atom stereocenters. The molecule has 1 aliphatic rings. The Labute approximate surface area is 243 Å². The van der Waals surface area contributed by atoms with Crippen molar-refractivity contribution in [3.8, 4) is 0 Å². The number of hydrogen-bond acceptors (Lipinski definition) is 8. The molecule has 3 atom stereocenters. The van der Waals surface area contributed by atoms with Gasteiger partial charge in [0.05, 0.1) is 6.04 Å². The summed E-state index contributed by atoms with van der Waals surface area (Å²) in [6.45, 7) is 2.83. The quantitative estimate of drug-likeness (QED) is 0.0792. The molecule has 3 amide bonds. The maximum Gasteiger partial charge on any atom is 0.336 e. The number of imide groups is 1.